The third-order valence-electron chi connectivity index (χ3n) is 2.39. The summed E-state index contributed by atoms with van der Waals surface area (Å²) in [5.41, 5.74) is 3.92. The monoisotopic (exact) mass is 310 g/mol. The molecule has 21 heavy (non-hydrogen) atoms. The maximum absolute atomic E-state index is 13.1. The summed E-state index contributed by atoms with van der Waals surface area (Å²) in [5.74, 6) is 10.1. The first-order chi connectivity index (χ1) is 10.2. The number of nitrogens with zero attached hydrogens (tertiary/aromatic N) is 3. The van der Waals surface area contributed by atoms with E-state index in [0.717, 1.165) is 0 Å². The number of nitrogens with one attached hydrogen (secondary N) is 1. The Hall–Kier alpha value is -2.25. The van der Waals surface area contributed by atoms with Crippen LogP contribution < -0.4 is 17.1 Å². The quantitative estimate of drug-likeness (QED) is 0.341. The summed E-state index contributed by atoms with van der Waals surface area (Å²) in [4.78, 5) is 8.05. The van der Waals surface area contributed by atoms with Gasteiger partial charge in [0, 0.05) is 5.56 Å². The zero-order valence-corrected chi connectivity index (χ0v) is 12.4. The molecule has 6 nitrogen and oxygen atoms in total. The van der Waals surface area contributed by atoms with E-state index < -0.39 is 5.82 Å². The number of aromatic nitrogens is 2. The molecule has 0 aliphatic heterocycles. The zero-order valence-electron chi connectivity index (χ0n) is 11.6. The van der Waals surface area contributed by atoms with Crippen LogP contribution in [-0.2, 0) is 0 Å². The molecule has 0 aliphatic rings. The van der Waals surface area contributed by atoms with Gasteiger partial charge < -0.3 is 11.3 Å². The minimum atomic E-state index is -0.493. The summed E-state index contributed by atoms with van der Waals surface area (Å²) in [6.07, 6.45) is 1.32. The van der Waals surface area contributed by atoms with Gasteiger partial charge in [-0.15, -0.1) is 0 Å². The van der Waals surface area contributed by atoms with E-state index in [0.29, 0.717) is 17.0 Å². The molecule has 0 spiro atoms. The van der Waals surface area contributed by atoms with E-state index in [1.165, 1.54) is 18.5 Å². The summed E-state index contributed by atoms with van der Waals surface area (Å²) in [6.45, 7) is 4.00. The Morgan fingerprint density at radius 2 is 2.00 bits per heavy atom. The maximum Gasteiger partial charge on any atom is 0.185 e. The van der Waals surface area contributed by atoms with Gasteiger partial charge in [-0.05, 0) is 24.3 Å². The average molecular weight is 311 g/mol. The van der Waals surface area contributed by atoms with Crippen LogP contribution in [0.25, 0.3) is 11.3 Å². The Labute approximate surface area is 127 Å². The number of halogens is 2. The highest BCUT2D eigenvalue weighted by atomic mass is 35.5. The number of benzene rings is 1. The zero-order chi connectivity index (χ0) is 15.8. The molecule has 0 amide bonds. The number of hydrogen-bond acceptors (Lipinski definition) is 5. The standard InChI is InChI=1S/C11H10ClFN6.C2H6/c12-7-3-6(1-2-8(7)13)9-4-10(17-5-16-9)11(18-14)19-15;1-2/h1-5H,14-15H2,(H,18,19);1-2H3. The summed E-state index contributed by atoms with van der Waals surface area (Å²) < 4.78 is 13.1. The van der Waals surface area contributed by atoms with Gasteiger partial charge >= 0.3 is 0 Å². The summed E-state index contributed by atoms with van der Waals surface area (Å²) >= 11 is 5.73. The van der Waals surface area contributed by atoms with Gasteiger partial charge in [-0.25, -0.2) is 20.2 Å². The Kier molecular flexibility index (Phi) is 6.51. The smallest absolute Gasteiger partial charge is 0.185 e. The fourth-order valence-corrected chi connectivity index (χ4v) is 1.66. The molecule has 0 aliphatic carbocycles. The third kappa shape index (κ3) is 4.11. The van der Waals surface area contributed by atoms with Crippen LogP contribution >= 0.6 is 11.6 Å². The Morgan fingerprint density at radius 3 is 2.57 bits per heavy atom. The lowest BCUT2D eigenvalue weighted by atomic mass is 10.1. The van der Waals surface area contributed by atoms with Gasteiger partial charge in [-0.3, -0.25) is 0 Å². The van der Waals surface area contributed by atoms with E-state index in [1.807, 2.05) is 13.8 Å². The minimum Gasteiger partial charge on any atom is -0.321 e. The van der Waals surface area contributed by atoms with Gasteiger partial charge in [-0.1, -0.05) is 25.4 Å². The fourth-order valence-electron chi connectivity index (χ4n) is 1.48. The molecule has 5 N–H and O–H groups in total. The van der Waals surface area contributed by atoms with E-state index in [4.69, 9.17) is 23.3 Å². The van der Waals surface area contributed by atoms with Crippen LogP contribution in [0.15, 0.2) is 35.7 Å². The van der Waals surface area contributed by atoms with Gasteiger partial charge in [0.05, 0.1) is 10.7 Å². The van der Waals surface area contributed by atoms with Crippen LogP contribution in [0.1, 0.15) is 19.5 Å². The molecule has 0 unspecified atom stereocenters. The van der Waals surface area contributed by atoms with E-state index >= 15 is 0 Å². The molecule has 8 heteroatoms. The molecule has 1 aromatic carbocycles. The van der Waals surface area contributed by atoms with Crippen molar-refractivity contribution in [3.05, 3.63) is 47.1 Å². The highest BCUT2D eigenvalue weighted by Crippen LogP contribution is 2.23. The second-order valence-corrected chi connectivity index (χ2v) is 3.95. The minimum absolute atomic E-state index is 0.0160. The lowest BCUT2D eigenvalue weighted by Crippen LogP contribution is -2.32. The van der Waals surface area contributed by atoms with E-state index in [9.17, 15) is 4.39 Å². The van der Waals surface area contributed by atoms with Crippen molar-refractivity contribution in [1.29, 1.82) is 0 Å². The Balaban J connectivity index is 0.00000106. The van der Waals surface area contributed by atoms with Crippen molar-refractivity contribution >= 4 is 17.4 Å². The molecule has 0 saturated carbocycles. The van der Waals surface area contributed by atoms with Crippen LogP contribution in [0.4, 0.5) is 4.39 Å². The van der Waals surface area contributed by atoms with Gasteiger partial charge in [-0.2, -0.15) is 5.10 Å². The van der Waals surface area contributed by atoms with Gasteiger partial charge in [0.15, 0.2) is 5.84 Å². The molecule has 0 radical (unpaired) electrons. The van der Waals surface area contributed by atoms with E-state index in [-0.39, 0.29) is 10.9 Å². The number of nitrogens with two attached hydrogens (primary N) is 2. The Morgan fingerprint density at radius 1 is 1.29 bits per heavy atom. The molecule has 0 atom stereocenters. The molecule has 112 valence electrons. The second-order valence-electron chi connectivity index (χ2n) is 3.54. The van der Waals surface area contributed by atoms with E-state index in [1.54, 1.807) is 12.1 Å². The van der Waals surface area contributed by atoms with Crippen LogP contribution in [0.5, 0.6) is 0 Å². The first-order valence-electron chi connectivity index (χ1n) is 6.18. The molecule has 2 aromatic rings. The molecule has 1 aromatic heterocycles. The van der Waals surface area contributed by atoms with Gasteiger partial charge in [0.1, 0.15) is 17.8 Å². The molecule has 0 saturated heterocycles. The summed E-state index contributed by atoms with van der Waals surface area (Å²) in [5, 5.41) is 3.46. The number of amidine groups is 1. The fraction of sp³-hybridized carbons (Fsp3) is 0.154. The highest BCUT2D eigenvalue weighted by molar-refractivity contribution is 6.31. The number of rotatable bonds is 2. The lowest BCUT2D eigenvalue weighted by Gasteiger charge is -2.06. The lowest BCUT2D eigenvalue weighted by molar-refractivity contribution is 0.628. The normalized spacial score (nSPS) is 10.6. The third-order valence-corrected chi connectivity index (χ3v) is 2.68. The first kappa shape index (κ1) is 16.8. The van der Waals surface area contributed by atoms with Crippen molar-refractivity contribution in [2.75, 3.05) is 0 Å². The maximum atomic E-state index is 13.1. The molecule has 0 bridgehead atoms. The summed E-state index contributed by atoms with van der Waals surface area (Å²) in [6, 6.07) is 5.90. The van der Waals surface area contributed by atoms with Gasteiger partial charge in [0.2, 0.25) is 0 Å². The average Bonchev–Trinajstić information content (AvgIpc) is 2.53. The van der Waals surface area contributed by atoms with Crippen molar-refractivity contribution in [3.63, 3.8) is 0 Å². The molecular formula is C13H16ClFN6. The SMILES string of the molecule is CC.N/N=C(\NN)c1cc(-c2ccc(F)c(Cl)c2)ncn1. The van der Waals surface area contributed by atoms with Crippen molar-refractivity contribution in [3.8, 4) is 11.3 Å². The summed E-state index contributed by atoms with van der Waals surface area (Å²) in [7, 11) is 0. The number of hydrazone groups is 1. The second kappa shape index (κ2) is 8.13. The van der Waals surface area contributed by atoms with Crippen LogP contribution in [0.2, 0.25) is 5.02 Å². The van der Waals surface area contributed by atoms with Crippen LogP contribution in [0, 0.1) is 5.82 Å². The molecular weight excluding hydrogens is 295 g/mol. The number of hydrogen-bond donors (Lipinski definition) is 3. The molecule has 2 rings (SSSR count). The van der Waals surface area contributed by atoms with Crippen molar-refractivity contribution < 1.29 is 4.39 Å². The van der Waals surface area contributed by atoms with Crippen molar-refractivity contribution in [2.24, 2.45) is 16.8 Å². The predicted octanol–water partition coefficient (Wildman–Crippen LogP) is 2.05. The van der Waals surface area contributed by atoms with Gasteiger partial charge in [0.25, 0.3) is 0 Å². The van der Waals surface area contributed by atoms with Crippen molar-refractivity contribution in [2.45, 2.75) is 13.8 Å². The first-order valence-corrected chi connectivity index (χ1v) is 6.56. The molecule has 0 fully saturated rings. The highest BCUT2D eigenvalue weighted by Gasteiger charge is 2.08. The topological polar surface area (TPSA) is 102 Å². The predicted molar refractivity (Wildman–Crippen MR) is 81.8 cm³/mol. The molecule has 1 heterocycles. The Bertz CT molecular complexity index is 632. The van der Waals surface area contributed by atoms with Crippen molar-refractivity contribution in [1.82, 2.24) is 15.4 Å². The van der Waals surface area contributed by atoms with Crippen LogP contribution in [-0.4, -0.2) is 15.8 Å². The largest absolute Gasteiger partial charge is 0.321 e. The van der Waals surface area contributed by atoms with E-state index in [2.05, 4.69) is 20.5 Å². The van der Waals surface area contributed by atoms with Crippen LogP contribution in [0.3, 0.4) is 0 Å². The number of hydrazine groups is 1.